The van der Waals surface area contributed by atoms with Crippen molar-refractivity contribution in [3.63, 3.8) is 0 Å². The molecule has 1 aliphatic rings. The third-order valence-corrected chi connectivity index (χ3v) is 6.41. The molecule has 1 aliphatic heterocycles. The predicted octanol–water partition coefficient (Wildman–Crippen LogP) is 2.15. The van der Waals surface area contributed by atoms with Gasteiger partial charge in [0, 0.05) is 39.3 Å². The topological polar surface area (TPSA) is 85.8 Å². The number of guanidine groups is 1. The summed E-state index contributed by atoms with van der Waals surface area (Å²) >= 11 is 0. The molecule has 0 aromatic heterocycles. The van der Waals surface area contributed by atoms with Crippen LogP contribution in [-0.2, 0) is 16.6 Å². The number of rotatable bonds is 10. The molecule has 0 spiro atoms. The maximum atomic E-state index is 12.1. The van der Waals surface area contributed by atoms with Crippen LogP contribution in [-0.4, -0.2) is 64.3 Å². The molecule has 0 bridgehead atoms. The van der Waals surface area contributed by atoms with E-state index in [-0.39, 0.29) is 29.7 Å². The second kappa shape index (κ2) is 14.2. The lowest BCUT2D eigenvalue weighted by molar-refractivity contribution is 0.159. The maximum Gasteiger partial charge on any atom is 0.213 e. The molecule has 1 unspecified atom stereocenters. The van der Waals surface area contributed by atoms with E-state index in [0.717, 1.165) is 25.1 Å². The highest BCUT2D eigenvalue weighted by molar-refractivity contribution is 14.0. The zero-order valence-electron chi connectivity index (χ0n) is 17.6. The number of nitrogens with one attached hydrogen (secondary N) is 3. The molecule has 0 radical (unpaired) electrons. The second-order valence-corrected chi connectivity index (χ2v) is 9.21. The Morgan fingerprint density at radius 2 is 1.90 bits per heavy atom. The van der Waals surface area contributed by atoms with E-state index in [2.05, 4.69) is 32.2 Å². The van der Waals surface area contributed by atoms with E-state index in [9.17, 15) is 8.42 Å². The number of piperidine rings is 1. The van der Waals surface area contributed by atoms with Crippen molar-refractivity contribution < 1.29 is 8.42 Å². The second-order valence-electron chi connectivity index (χ2n) is 7.29. The first-order valence-corrected chi connectivity index (χ1v) is 11.9. The Balaban J connectivity index is 0.00000420. The molecule has 0 amide bonds. The zero-order chi connectivity index (χ0) is 20.2. The number of hydrogen-bond donors (Lipinski definition) is 3. The third kappa shape index (κ3) is 10.6. The number of nitrogens with zero attached hydrogens (tertiary/aromatic N) is 2. The van der Waals surface area contributed by atoms with E-state index in [1.165, 1.54) is 25.8 Å². The molecular weight excluding hydrogens is 501 g/mol. The monoisotopic (exact) mass is 537 g/mol. The summed E-state index contributed by atoms with van der Waals surface area (Å²) in [6.07, 6.45) is 4.98. The maximum absolute atomic E-state index is 12.1. The molecule has 1 aromatic carbocycles. The first-order valence-electron chi connectivity index (χ1n) is 10.2. The minimum Gasteiger partial charge on any atom is -0.356 e. The van der Waals surface area contributed by atoms with Gasteiger partial charge in [-0.1, -0.05) is 36.8 Å². The summed E-state index contributed by atoms with van der Waals surface area (Å²) in [6.45, 7) is 6.03. The number of likely N-dealkylation sites (tertiary alicyclic amines) is 1. The molecule has 29 heavy (non-hydrogen) atoms. The number of hydrogen-bond acceptors (Lipinski definition) is 4. The van der Waals surface area contributed by atoms with E-state index in [4.69, 9.17) is 0 Å². The minimum absolute atomic E-state index is 0. The summed E-state index contributed by atoms with van der Waals surface area (Å²) < 4.78 is 26.9. The average Bonchev–Trinajstić information content (AvgIpc) is 2.70. The quantitative estimate of drug-likeness (QED) is 0.184. The van der Waals surface area contributed by atoms with Crippen molar-refractivity contribution in [3.05, 3.63) is 35.9 Å². The average molecular weight is 538 g/mol. The van der Waals surface area contributed by atoms with Crippen LogP contribution in [0.2, 0.25) is 0 Å². The van der Waals surface area contributed by atoms with Crippen molar-refractivity contribution in [1.29, 1.82) is 0 Å². The van der Waals surface area contributed by atoms with E-state index in [1.54, 1.807) is 7.05 Å². The van der Waals surface area contributed by atoms with Crippen molar-refractivity contribution in [2.45, 2.75) is 45.2 Å². The van der Waals surface area contributed by atoms with Crippen LogP contribution in [0.3, 0.4) is 0 Å². The lowest BCUT2D eigenvalue weighted by atomic mass is 10.0. The lowest BCUT2D eigenvalue weighted by Gasteiger charge is -2.33. The van der Waals surface area contributed by atoms with Gasteiger partial charge in [-0.2, -0.15) is 0 Å². The van der Waals surface area contributed by atoms with Crippen LogP contribution in [0.4, 0.5) is 0 Å². The van der Waals surface area contributed by atoms with Gasteiger partial charge < -0.3 is 15.5 Å². The Kier molecular flexibility index (Phi) is 12.8. The Bertz CT molecular complexity index is 700. The van der Waals surface area contributed by atoms with E-state index in [0.29, 0.717) is 25.1 Å². The Labute approximate surface area is 193 Å². The molecule has 1 heterocycles. The fourth-order valence-electron chi connectivity index (χ4n) is 3.36. The highest BCUT2D eigenvalue weighted by Gasteiger charge is 2.17. The summed E-state index contributed by atoms with van der Waals surface area (Å²) in [5.41, 5.74) is 0.944. The van der Waals surface area contributed by atoms with E-state index >= 15 is 0 Å². The van der Waals surface area contributed by atoms with Crippen molar-refractivity contribution in [2.75, 3.05) is 39.0 Å². The molecule has 2 rings (SSSR count). The number of benzene rings is 1. The Morgan fingerprint density at radius 3 is 2.59 bits per heavy atom. The van der Waals surface area contributed by atoms with Crippen LogP contribution in [0.15, 0.2) is 35.3 Å². The van der Waals surface area contributed by atoms with Crippen molar-refractivity contribution >= 4 is 40.0 Å². The van der Waals surface area contributed by atoms with E-state index in [1.807, 2.05) is 30.3 Å². The van der Waals surface area contributed by atoms with Crippen LogP contribution in [0.25, 0.3) is 0 Å². The first kappa shape index (κ1) is 26.1. The first-order chi connectivity index (χ1) is 13.5. The largest absolute Gasteiger partial charge is 0.356 e. The van der Waals surface area contributed by atoms with Gasteiger partial charge in [0.15, 0.2) is 5.96 Å². The smallest absolute Gasteiger partial charge is 0.213 e. The van der Waals surface area contributed by atoms with Gasteiger partial charge in [0.1, 0.15) is 0 Å². The molecular formula is C20H36IN5O2S. The fraction of sp³-hybridized carbons (Fsp3) is 0.650. The molecule has 3 N–H and O–H groups in total. The van der Waals surface area contributed by atoms with Crippen LogP contribution >= 0.6 is 24.0 Å². The standard InChI is InChI=1S/C20H35N5O2S.HI/c1-18-9-6-7-14-25(18)15-8-12-22-20(21-2)23-13-16-28(26,27)24-17-19-10-4-3-5-11-19;/h3-5,10-11,18,24H,6-9,12-17H2,1-2H3,(H2,21,22,23);1H. The predicted molar refractivity (Wildman–Crippen MR) is 131 cm³/mol. The summed E-state index contributed by atoms with van der Waals surface area (Å²) in [5, 5.41) is 6.34. The number of halogens is 1. The molecule has 7 nitrogen and oxygen atoms in total. The highest BCUT2D eigenvalue weighted by atomic mass is 127. The fourth-order valence-corrected chi connectivity index (χ4v) is 4.27. The van der Waals surface area contributed by atoms with Gasteiger partial charge in [-0.05, 0) is 38.3 Å². The minimum atomic E-state index is -3.33. The van der Waals surface area contributed by atoms with Gasteiger partial charge in [0.05, 0.1) is 5.75 Å². The van der Waals surface area contributed by atoms with Crippen molar-refractivity contribution in [1.82, 2.24) is 20.3 Å². The van der Waals surface area contributed by atoms with Crippen LogP contribution < -0.4 is 15.4 Å². The molecule has 1 fully saturated rings. The van der Waals surface area contributed by atoms with Gasteiger partial charge in [-0.25, -0.2) is 13.1 Å². The van der Waals surface area contributed by atoms with Gasteiger partial charge in [-0.3, -0.25) is 4.99 Å². The molecule has 1 saturated heterocycles. The summed E-state index contributed by atoms with van der Waals surface area (Å²) in [4.78, 5) is 6.71. The number of sulfonamides is 1. The Hall–Kier alpha value is -0.910. The lowest BCUT2D eigenvalue weighted by Crippen LogP contribution is -2.43. The van der Waals surface area contributed by atoms with Gasteiger partial charge >= 0.3 is 0 Å². The zero-order valence-corrected chi connectivity index (χ0v) is 20.7. The SMILES string of the molecule is CN=C(NCCCN1CCCCC1C)NCCS(=O)(=O)NCc1ccccc1.I. The summed E-state index contributed by atoms with van der Waals surface area (Å²) in [6, 6.07) is 10.2. The molecule has 1 atom stereocenters. The third-order valence-electron chi connectivity index (χ3n) is 5.08. The van der Waals surface area contributed by atoms with Gasteiger partial charge in [-0.15, -0.1) is 24.0 Å². The normalized spacial score (nSPS) is 18.1. The van der Waals surface area contributed by atoms with Crippen LogP contribution in [0.5, 0.6) is 0 Å². The molecule has 166 valence electrons. The molecule has 0 saturated carbocycles. The van der Waals surface area contributed by atoms with Gasteiger partial charge in [0.25, 0.3) is 0 Å². The Morgan fingerprint density at radius 1 is 1.17 bits per heavy atom. The van der Waals surface area contributed by atoms with Crippen molar-refractivity contribution in [3.8, 4) is 0 Å². The number of aliphatic imine (C=N–C) groups is 1. The molecule has 9 heteroatoms. The highest BCUT2D eigenvalue weighted by Crippen LogP contribution is 2.15. The summed E-state index contributed by atoms with van der Waals surface area (Å²) in [7, 11) is -1.63. The van der Waals surface area contributed by atoms with Crippen LogP contribution in [0, 0.1) is 0 Å². The van der Waals surface area contributed by atoms with Crippen molar-refractivity contribution in [2.24, 2.45) is 4.99 Å². The van der Waals surface area contributed by atoms with Crippen LogP contribution in [0.1, 0.15) is 38.2 Å². The molecule has 0 aliphatic carbocycles. The van der Waals surface area contributed by atoms with E-state index < -0.39 is 10.0 Å². The summed E-state index contributed by atoms with van der Waals surface area (Å²) in [5.74, 6) is 0.649. The van der Waals surface area contributed by atoms with Gasteiger partial charge in [0.2, 0.25) is 10.0 Å². The molecule has 1 aromatic rings.